The number of carbonyl (C=O) groups excluding carboxylic acids is 2. The minimum absolute atomic E-state index is 0.0148. The fourth-order valence-electron chi connectivity index (χ4n) is 3.79. The molecule has 168 valence electrons. The van der Waals surface area contributed by atoms with Gasteiger partial charge in [-0.3, -0.25) is 9.59 Å². The number of likely N-dealkylation sites (tertiary alicyclic amines) is 1. The number of amides is 2. The summed E-state index contributed by atoms with van der Waals surface area (Å²) in [7, 11) is 0. The summed E-state index contributed by atoms with van der Waals surface area (Å²) in [5.74, 6) is -0.153. The van der Waals surface area contributed by atoms with E-state index in [-0.39, 0.29) is 17.7 Å². The van der Waals surface area contributed by atoms with Crippen LogP contribution in [0.2, 0.25) is 5.02 Å². The molecule has 0 saturated carbocycles. The van der Waals surface area contributed by atoms with Crippen molar-refractivity contribution in [3.05, 3.63) is 39.9 Å². The number of piperidine rings is 1. The predicted molar refractivity (Wildman–Crippen MR) is 126 cm³/mol. The van der Waals surface area contributed by atoms with Crippen LogP contribution in [-0.2, 0) is 11.2 Å². The van der Waals surface area contributed by atoms with Gasteiger partial charge in [0.2, 0.25) is 11.0 Å². The van der Waals surface area contributed by atoms with Gasteiger partial charge in [0.1, 0.15) is 5.01 Å². The van der Waals surface area contributed by atoms with Gasteiger partial charge in [0, 0.05) is 36.0 Å². The highest BCUT2D eigenvalue weighted by molar-refractivity contribution is 7.15. The number of halogens is 1. The molecular weight excluding hydrogens is 432 g/mol. The average Bonchev–Trinajstić information content (AvgIpc) is 3.23. The Morgan fingerprint density at radius 2 is 1.74 bits per heavy atom. The number of carbonyl (C=O) groups is 2. The summed E-state index contributed by atoms with van der Waals surface area (Å²) in [4.78, 5) is 27.0. The van der Waals surface area contributed by atoms with Crippen molar-refractivity contribution in [2.75, 3.05) is 18.4 Å². The highest BCUT2D eigenvalue weighted by Gasteiger charge is 2.28. The van der Waals surface area contributed by atoms with Crippen molar-refractivity contribution < 1.29 is 9.59 Å². The molecule has 6 nitrogen and oxygen atoms in total. The lowest BCUT2D eigenvalue weighted by molar-refractivity contribution is -0.121. The van der Waals surface area contributed by atoms with Gasteiger partial charge in [0.15, 0.2) is 0 Å². The zero-order valence-electron chi connectivity index (χ0n) is 18.1. The lowest BCUT2D eigenvalue weighted by Gasteiger charge is -2.31. The van der Waals surface area contributed by atoms with Gasteiger partial charge in [-0.15, -0.1) is 10.2 Å². The minimum Gasteiger partial charge on any atom is -0.339 e. The molecule has 1 fully saturated rings. The Morgan fingerprint density at radius 3 is 2.45 bits per heavy atom. The SMILES string of the molecule is CCCCCCCCc1nnc(NC(=O)C2CCN(C(=O)c3ccc(Cl)cc3)CC2)s1. The first-order valence-corrected chi connectivity index (χ1v) is 12.4. The topological polar surface area (TPSA) is 75.2 Å². The Kier molecular flexibility index (Phi) is 9.28. The number of hydrogen-bond acceptors (Lipinski definition) is 5. The van der Waals surface area contributed by atoms with E-state index < -0.39 is 0 Å². The number of rotatable bonds is 10. The molecule has 31 heavy (non-hydrogen) atoms. The van der Waals surface area contributed by atoms with E-state index in [4.69, 9.17) is 11.6 Å². The van der Waals surface area contributed by atoms with Crippen LogP contribution in [0.25, 0.3) is 0 Å². The maximum atomic E-state index is 12.6. The number of nitrogens with one attached hydrogen (secondary N) is 1. The molecule has 1 aliphatic rings. The van der Waals surface area contributed by atoms with Crippen LogP contribution in [0.3, 0.4) is 0 Å². The molecule has 1 N–H and O–H groups in total. The number of unbranched alkanes of at least 4 members (excludes halogenated alkanes) is 5. The summed E-state index contributed by atoms with van der Waals surface area (Å²) in [6.07, 6.45) is 9.70. The zero-order chi connectivity index (χ0) is 22.1. The van der Waals surface area contributed by atoms with Gasteiger partial charge in [-0.25, -0.2) is 0 Å². The van der Waals surface area contributed by atoms with Crippen LogP contribution in [0.4, 0.5) is 5.13 Å². The minimum atomic E-state index is -0.111. The molecule has 2 aromatic rings. The average molecular weight is 463 g/mol. The lowest BCUT2D eigenvalue weighted by Crippen LogP contribution is -2.41. The highest BCUT2D eigenvalue weighted by Crippen LogP contribution is 2.23. The summed E-state index contributed by atoms with van der Waals surface area (Å²) >= 11 is 7.36. The van der Waals surface area contributed by atoms with Crippen LogP contribution in [0.15, 0.2) is 24.3 Å². The van der Waals surface area contributed by atoms with Crippen LogP contribution in [0.5, 0.6) is 0 Å². The summed E-state index contributed by atoms with van der Waals surface area (Å²) in [5.41, 5.74) is 0.624. The Bertz CT molecular complexity index is 848. The van der Waals surface area contributed by atoms with Crippen molar-refractivity contribution in [3.63, 3.8) is 0 Å². The second-order valence-electron chi connectivity index (χ2n) is 8.08. The van der Waals surface area contributed by atoms with Crippen LogP contribution >= 0.6 is 22.9 Å². The van der Waals surface area contributed by atoms with Gasteiger partial charge in [-0.05, 0) is 43.5 Å². The van der Waals surface area contributed by atoms with Gasteiger partial charge in [0.05, 0.1) is 0 Å². The molecule has 0 aliphatic carbocycles. The Morgan fingerprint density at radius 1 is 1.06 bits per heavy atom. The maximum absolute atomic E-state index is 12.6. The standard InChI is InChI=1S/C23H31ClN4O2S/c1-2-3-4-5-6-7-8-20-26-27-23(31-20)25-21(29)17-13-15-28(16-14-17)22(30)18-9-11-19(24)12-10-18/h9-12,17H,2-8,13-16H2,1H3,(H,25,27,29). The van der Waals surface area contributed by atoms with Gasteiger partial charge >= 0.3 is 0 Å². The van der Waals surface area contributed by atoms with E-state index in [0.29, 0.717) is 41.6 Å². The van der Waals surface area contributed by atoms with E-state index in [1.54, 1.807) is 29.2 Å². The number of benzene rings is 1. The normalized spacial score (nSPS) is 14.6. The number of hydrogen-bond donors (Lipinski definition) is 1. The second-order valence-corrected chi connectivity index (χ2v) is 9.58. The first-order valence-electron chi connectivity index (χ1n) is 11.2. The van der Waals surface area contributed by atoms with E-state index >= 15 is 0 Å². The van der Waals surface area contributed by atoms with E-state index in [1.807, 2.05) is 0 Å². The molecule has 0 spiro atoms. The van der Waals surface area contributed by atoms with Crippen molar-refractivity contribution in [2.45, 2.75) is 64.7 Å². The Hall–Kier alpha value is -1.99. The van der Waals surface area contributed by atoms with Crippen molar-refractivity contribution in [1.29, 1.82) is 0 Å². The van der Waals surface area contributed by atoms with Crippen molar-refractivity contribution in [1.82, 2.24) is 15.1 Å². The van der Waals surface area contributed by atoms with Gasteiger partial charge < -0.3 is 10.2 Å². The molecule has 0 atom stereocenters. The molecule has 1 aliphatic heterocycles. The number of aryl methyl sites for hydroxylation is 1. The molecule has 2 amide bonds. The second kappa shape index (κ2) is 12.2. The predicted octanol–water partition coefficient (Wildman–Crippen LogP) is 5.59. The third kappa shape index (κ3) is 7.28. The largest absolute Gasteiger partial charge is 0.339 e. The molecule has 1 aromatic heterocycles. The van der Waals surface area contributed by atoms with E-state index in [9.17, 15) is 9.59 Å². The summed E-state index contributed by atoms with van der Waals surface area (Å²) in [6.45, 7) is 3.36. The molecule has 8 heteroatoms. The van der Waals surface area contributed by atoms with Gasteiger partial charge in [0.25, 0.3) is 5.91 Å². The van der Waals surface area contributed by atoms with Gasteiger partial charge in [-0.2, -0.15) is 0 Å². The maximum Gasteiger partial charge on any atom is 0.253 e. The molecular formula is C23H31ClN4O2S. The van der Waals surface area contributed by atoms with Crippen LogP contribution < -0.4 is 5.32 Å². The summed E-state index contributed by atoms with van der Waals surface area (Å²) < 4.78 is 0. The molecule has 2 heterocycles. The molecule has 0 unspecified atom stereocenters. The van der Waals surface area contributed by atoms with Crippen molar-refractivity contribution >= 4 is 39.9 Å². The number of nitrogens with zero attached hydrogens (tertiary/aromatic N) is 3. The molecule has 1 saturated heterocycles. The van der Waals surface area contributed by atoms with Crippen molar-refractivity contribution in [2.24, 2.45) is 5.92 Å². The number of anilines is 1. The van der Waals surface area contributed by atoms with E-state index in [2.05, 4.69) is 22.4 Å². The van der Waals surface area contributed by atoms with Crippen LogP contribution in [-0.4, -0.2) is 40.0 Å². The third-order valence-corrected chi connectivity index (χ3v) is 6.84. The smallest absolute Gasteiger partial charge is 0.253 e. The summed E-state index contributed by atoms with van der Waals surface area (Å²) in [5, 5.41) is 13.4. The van der Waals surface area contributed by atoms with E-state index in [0.717, 1.165) is 17.8 Å². The van der Waals surface area contributed by atoms with Crippen LogP contribution in [0.1, 0.15) is 73.7 Å². The number of aromatic nitrogens is 2. The Labute approximate surface area is 193 Å². The molecule has 3 rings (SSSR count). The summed E-state index contributed by atoms with van der Waals surface area (Å²) in [6, 6.07) is 6.92. The zero-order valence-corrected chi connectivity index (χ0v) is 19.7. The Balaban J connectivity index is 1.39. The first kappa shape index (κ1) is 23.7. The van der Waals surface area contributed by atoms with Gasteiger partial charge in [-0.1, -0.05) is 62.0 Å². The molecule has 0 bridgehead atoms. The third-order valence-electron chi connectivity index (χ3n) is 5.69. The molecule has 1 aromatic carbocycles. The lowest BCUT2D eigenvalue weighted by atomic mass is 9.95. The molecule has 0 radical (unpaired) electrons. The monoisotopic (exact) mass is 462 g/mol. The first-order chi connectivity index (χ1) is 15.1. The van der Waals surface area contributed by atoms with Crippen LogP contribution in [0, 0.1) is 5.92 Å². The fraction of sp³-hybridized carbons (Fsp3) is 0.565. The van der Waals surface area contributed by atoms with E-state index in [1.165, 1.54) is 43.4 Å². The quantitative estimate of drug-likeness (QED) is 0.467. The fourth-order valence-corrected chi connectivity index (χ4v) is 4.70. The highest BCUT2D eigenvalue weighted by atomic mass is 35.5. The van der Waals surface area contributed by atoms with Crippen molar-refractivity contribution in [3.8, 4) is 0 Å².